The average molecular weight is 439 g/mol. The molecule has 1 fully saturated rings. The van der Waals surface area contributed by atoms with E-state index in [1.165, 1.54) is 12.1 Å². The minimum atomic E-state index is -0.448. The molecule has 4 rings (SSSR count). The monoisotopic (exact) mass is 439 g/mol. The van der Waals surface area contributed by atoms with E-state index in [-0.39, 0.29) is 34.7 Å². The SMILES string of the molecule is CCOC(=O)C1CCN(Cc2c(O)cc(C)c3c2O/C(=C/c2ccccc2F)C3=O)CC1. The number of rotatable bonds is 5. The average Bonchev–Trinajstić information content (AvgIpc) is 3.10. The standard InChI is InChI=1S/C25H26FNO5/c1-3-31-25(30)16-8-10-27(11-9-16)14-18-20(28)12-15(2)22-23(29)21(32-24(18)22)13-17-6-4-5-7-19(17)26/h4-7,12-13,16,28H,3,8-11,14H2,1-2H3/b21-13+. The van der Waals surface area contributed by atoms with Gasteiger partial charge in [-0.2, -0.15) is 0 Å². The van der Waals surface area contributed by atoms with Gasteiger partial charge in [0.1, 0.15) is 17.3 Å². The van der Waals surface area contributed by atoms with Crippen LogP contribution in [0, 0.1) is 18.7 Å². The third-order valence-electron chi connectivity index (χ3n) is 6.00. The van der Waals surface area contributed by atoms with Gasteiger partial charge in [-0.25, -0.2) is 4.39 Å². The predicted octanol–water partition coefficient (Wildman–Crippen LogP) is 4.23. The summed E-state index contributed by atoms with van der Waals surface area (Å²) >= 11 is 0. The summed E-state index contributed by atoms with van der Waals surface area (Å²) in [6.07, 6.45) is 2.74. The molecule has 2 aromatic rings. The number of nitrogens with zero attached hydrogens (tertiary/aromatic N) is 1. The number of ketones is 1. The van der Waals surface area contributed by atoms with Crippen molar-refractivity contribution in [3.8, 4) is 11.5 Å². The molecule has 0 bridgehead atoms. The molecule has 2 aliphatic heterocycles. The number of halogens is 1. The molecule has 0 unspecified atom stereocenters. The zero-order valence-electron chi connectivity index (χ0n) is 18.2. The fourth-order valence-electron chi connectivity index (χ4n) is 4.28. The van der Waals surface area contributed by atoms with Crippen LogP contribution in [0.2, 0.25) is 0 Å². The van der Waals surface area contributed by atoms with Crippen LogP contribution >= 0.6 is 0 Å². The van der Waals surface area contributed by atoms with Gasteiger partial charge in [-0.1, -0.05) is 18.2 Å². The van der Waals surface area contributed by atoms with Crippen LogP contribution < -0.4 is 4.74 Å². The Morgan fingerprint density at radius 3 is 2.72 bits per heavy atom. The molecule has 2 aliphatic rings. The molecule has 1 N–H and O–H groups in total. The van der Waals surface area contributed by atoms with Crippen LogP contribution in [-0.2, 0) is 16.1 Å². The quantitative estimate of drug-likeness (QED) is 0.555. The van der Waals surface area contributed by atoms with Crippen LogP contribution in [0.3, 0.4) is 0 Å². The lowest BCUT2D eigenvalue weighted by atomic mass is 9.95. The van der Waals surface area contributed by atoms with Gasteiger partial charge in [0.15, 0.2) is 5.76 Å². The summed E-state index contributed by atoms with van der Waals surface area (Å²) in [5.41, 5.74) is 1.77. The number of fused-ring (bicyclic) bond motifs is 1. The van der Waals surface area contributed by atoms with Crippen LogP contribution in [0.5, 0.6) is 11.5 Å². The lowest BCUT2D eigenvalue weighted by Gasteiger charge is -2.31. The van der Waals surface area contributed by atoms with E-state index in [1.807, 2.05) is 0 Å². The van der Waals surface area contributed by atoms with E-state index in [0.717, 1.165) is 0 Å². The number of phenolic OH excluding ortho intramolecular Hbond substituents is 1. The molecule has 1 saturated heterocycles. The minimum absolute atomic E-state index is 0.0288. The molecule has 6 nitrogen and oxygen atoms in total. The summed E-state index contributed by atoms with van der Waals surface area (Å²) in [6.45, 7) is 5.61. The number of Topliss-reactive ketones (excluding diaryl/α,β-unsaturated/α-hetero) is 1. The van der Waals surface area contributed by atoms with Gasteiger partial charge in [-0.3, -0.25) is 14.5 Å². The largest absolute Gasteiger partial charge is 0.507 e. The van der Waals surface area contributed by atoms with Crippen molar-refractivity contribution in [2.24, 2.45) is 5.92 Å². The molecule has 7 heteroatoms. The highest BCUT2D eigenvalue weighted by Gasteiger charge is 2.34. The minimum Gasteiger partial charge on any atom is -0.507 e. The summed E-state index contributed by atoms with van der Waals surface area (Å²) in [5.74, 6) is -0.656. The van der Waals surface area contributed by atoms with E-state index in [1.54, 1.807) is 38.1 Å². The summed E-state index contributed by atoms with van der Waals surface area (Å²) in [6, 6.07) is 7.72. The van der Waals surface area contributed by atoms with Crippen molar-refractivity contribution < 1.29 is 28.6 Å². The molecular weight excluding hydrogens is 413 g/mol. The first-order valence-corrected chi connectivity index (χ1v) is 10.8. The van der Waals surface area contributed by atoms with Crippen molar-refractivity contribution >= 4 is 17.8 Å². The molecule has 2 aromatic carbocycles. The first-order valence-electron chi connectivity index (χ1n) is 10.8. The van der Waals surface area contributed by atoms with E-state index in [2.05, 4.69) is 4.90 Å². The molecule has 0 atom stereocenters. The molecule has 2 heterocycles. The highest BCUT2D eigenvalue weighted by Crippen LogP contribution is 2.42. The molecule has 32 heavy (non-hydrogen) atoms. The number of hydrogen-bond donors (Lipinski definition) is 1. The van der Waals surface area contributed by atoms with E-state index < -0.39 is 5.82 Å². The fraction of sp³-hybridized carbons (Fsp3) is 0.360. The third-order valence-corrected chi connectivity index (χ3v) is 6.00. The number of likely N-dealkylation sites (tertiary alicyclic amines) is 1. The number of aromatic hydroxyl groups is 1. The number of esters is 1. The van der Waals surface area contributed by atoms with Gasteiger partial charge in [0.2, 0.25) is 5.78 Å². The highest BCUT2D eigenvalue weighted by molar-refractivity contribution is 6.15. The number of ether oxygens (including phenoxy) is 2. The Hall–Kier alpha value is -3.19. The Bertz CT molecular complexity index is 1090. The topological polar surface area (TPSA) is 76.1 Å². The number of piperidine rings is 1. The van der Waals surface area contributed by atoms with Gasteiger partial charge in [0, 0.05) is 12.1 Å². The van der Waals surface area contributed by atoms with E-state index in [4.69, 9.17) is 9.47 Å². The number of phenols is 1. The number of benzene rings is 2. The van der Waals surface area contributed by atoms with E-state index in [0.29, 0.717) is 61.5 Å². The first kappa shape index (κ1) is 22.0. The maximum absolute atomic E-state index is 14.1. The summed E-state index contributed by atoms with van der Waals surface area (Å²) in [5, 5.41) is 10.6. The number of hydrogen-bond acceptors (Lipinski definition) is 6. The van der Waals surface area contributed by atoms with Crippen LogP contribution in [0.15, 0.2) is 36.1 Å². The number of carbonyl (C=O) groups is 2. The molecule has 0 amide bonds. The predicted molar refractivity (Wildman–Crippen MR) is 117 cm³/mol. The zero-order chi connectivity index (χ0) is 22.8. The Balaban J connectivity index is 1.57. The van der Waals surface area contributed by atoms with Gasteiger partial charge in [-0.15, -0.1) is 0 Å². The number of aryl methyl sites for hydroxylation is 1. The lowest BCUT2D eigenvalue weighted by molar-refractivity contribution is -0.149. The molecule has 168 valence electrons. The third kappa shape index (κ3) is 4.25. The summed E-state index contributed by atoms with van der Waals surface area (Å²) in [4.78, 5) is 27.1. The molecule has 0 spiro atoms. The van der Waals surface area contributed by atoms with Crippen LogP contribution in [-0.4, -0.2) is 41.5 Å². The van der Waals surface area contributed by atoms with Gasteiger partial charge in [-0.05, 0) is 63.6 Å². The second-order valence-electron chi connectivity index (χ2n) is 8.16. The van der Waals surface area contributed by atoms with Crippen LogP contribution in [0.4, 0.5) is 4.39 Å². The van der Waals surface area contributed by atoms with Crippen molar-refractivity contribution in [1.29, 1.82) is 0 Å². The lowest BCUT2D eigenvalue weighted by Crippen LogP contribution is -2.36. The van der Waals surface area contributed by atoms with Crippen molar-refractivity contribution in [1.82, 2.24) is 4.90 Å². The fourth-order valence-corrected chi connectivity index (χ4v) is 4.28. The van der Waals surface area contributed by atoms with E-state index in [9.17, 15) is 19.1 Å². The molecular formula is C25H26FNO5. The van der Waals surface area contributed by atoms with Crippen LogP contribution in [0.25, 0.3) is 6.08 Å². The number of carbonyl (C=O) groups excluding carboxylic acids is 2. The maximum Gasteiger partial charge on any atom is 0.309 e. The molecule has 0 radical (unpaired) electrons. The Labute approximate surface area is 186 Å². The van der Waals surface area contributed by atoms with Gasteiger partial charge >= 0.3 is 5.97 Å². The molecule has 0 aliphatic carbocycles. The first-order chi connectivity index (χ1) is 15.4. The molecule has 0 saturated carbocycles. The Morgan fingerprint density at radius 2 is 2.03 bits per heavy atom. The Morgan fingerprint density at radius 1 is 1.31 bits per heavy atom. The Kier molecular flexibility index (Phi) is 6.28. The van der Waals surface area contributed by atoms with Gasteiger partial charge in [0.05, 0.1) is 23.7 Å². The number of allylic oxidation sites excluding steroid dienone is 1. The smallest absolute Gasteiger partial charge is 0.309 e. The van der Waals surface area contributed by atoms with Gasteiger partial charge < -0.3 is 14.6 Å². The molecule has 0 aromatic heterocycles. The maximum atomic E-state index is 14.1. The second-order valence-corrected chi connectivity index (χ2v) is 8.16. The highest BCUT2D eigenvalue weighted by atomic mass is 19.1. The van der Waals surface area contributed by atoms with Crippen molar-refractivity contribution in [2.45, 2.75) is 33.2 Å². The van der Waals surface area contributed by atoms with Gasteiger partial charge in [0.25, 0.3) is 0 Å². The van der Waals surface area contributed by atoms with E-state index >= 15 is 0 Å². The summed E-state index contributed by atoms with van der Waals surface area (Å²) in [7, 11) is 0. The zero-order valence-corrected chi connectivity index (χ0v) is 18.2. The summed E-state index contributed by atoms with van der Waals surface area (Å²) < 4.78 is 25.1. The van der Waals surface area contributed by atoms with Crippen LogP contribution in [0.1, 0.15) is 46.8 Å². The van der Waals surface area contributed by atoms with Crippen molar-refractivity contribution in [3.05, 3.63) is 64.2 Å². The van der Waals surface area contributed by atoms with Crippen molar-refractivity contribution in [2.75, 3.05) is 19.7 Å². The second kappa shape index (κ2) is 9.12. The normalized spacial score (nSPS) is 18.0. The van der Waals surface area contributed by atoms with Crippen molar-refractivity contribution in [3.63, 3.8) is 0 Å².